The zero-order chi connectivity index (χ0) is 36.7. The molecule has 18 nitrogen and oxygen atoms in total. The lowest BCUT2D eigenvalue weighted by Gasteiger charge is -2.27. The van der Waals surface area contributed by atoms with Crippen LogP contribution in [-0.4, -0.2) is 100 Å². The Morgan fingerprint density at radius 2 is 1.43 bits per heavy atom. The summed E-state index contributed by atoms with van der Waals surface area (Å²) in [6.45, 7) is 2.87. The number of H-pyrrole nitrogens is 1. The first-order chi connectivity index (χ1) is 23.1. The molecule has 0 radical (unpaired) electrons. The molecule has 0 aliphatic carbocycles. The van der Waals surface area contributed by atoms with Crippen LogP contribution in [0.15, 0.2) is 35.5 Å². The summed E-state index contributed by atoms with van der Waals surface area (Å²) in [6, 6.07) is 1.07. The molecule has 0 spiro atoms. The fourth-order valence-electron chi connectivity index (χ4n) is 4.92. The molecule has 1 aromatic carbocycles. The minimum absolute atomic E-state index is 0.0405. The van der Waals surface area contributed by atoms with Crippen LogP contribution in [0, 0.1) is 5.92 Å². The third kappa shape index (κ3) is 13.4. The van der Waals surface area contributed by atoms with E-state index in [0.29, 0.717) is 0 Å². The molecule has 49 heavy (non-hydrogen) atoms. The number of aliphatic hydroxyl groups excluding tert-OH is 1. The van der Waals surface area contributed by atoms with Gasteiger partial charge < -0.3 is 59.4 Å². The highest BCUT2D eigenvalue weighted by Crippen LogP contribution is 2.19. The van der Waals surface area contributed by atoms with Gasteiger partial charge in [-0.15, -0.1) is 0 Å². The molecule has 270 valence electrons. The predicted octanol–water partition coefficient (Wildman–Crippen LogP) is -2.58. The molecule has 2 aromatic rings. The van der Waals surface area contributed by atoms with E-state index in [2.05, 4.69) is 31.2 Å². The topological polar surface area (TPSA) is 323 Å². The number of primary amides is 1. The first-order valence-electron chi connectivity index (χ1n) is 15.8. The lowest BCUT2D eigenvalue weighted by molar-refractivity contribution is -0.137. The van der Waals surface area contributed by atoms with Crippen LogP contribution in [0.3, 0.4) is 0 Å². The number of benzene rings is 1. The van der Waals surface area contributed by atoms with Crippen molar-refractivity contribution in [2.45, 2.75) is 82.6 Å². The van der Waals surface area contributed by atoms with Crippen LogP contribution < -0.4 is 44.2 Å². The normalized spacial score (nSPS) is 14.1. The van der Waals surface area contributed by atoms with Crippen molar-refractivity contribution in [3.8, 4) is 0 Å². The number of aliphatic carboxylic acids is 1. The summed E-state index contributed by atoms with van der Waals surface area (Å²) < 4.78 is 0. The van der Waals surface area contributed by atoms with Gasteiger partial charge in [0.2, 0.25) is 29.5 Å². The molecule has 1 aromatic heterocycles. The maximum Gasteiger partial charge on any atom is 0.303 e. The van der Waals surface area contributed by atoms with Crippen molar-refractivity contribution in [2.24, 2.45) is 33.8 Å². The highest BCUT2D eigenvalue weighted by Gasteiger charge is 2.32. The number of aromatic nitrogens is 1. The molecular formula is C31H48N10O8. The van der Waals surface area contributed by atoms with Gasteiger partial charge in [-0.25, -0.2) is 0 Å². The Balaban J connectivity index is 2.22. The second kappa shape index (κ2) is 19.6. The number of nitrogens with zero attached hydrogens (tertiary/aromatic N) is 1. The minimum Gasteiger partial charge on any atom is -0.481 e. The van der Waals surface area contributed by atoms with Crippen molar-refractivity contribution in [3.05, 3.63) is 36.0 Å². The number of carbonyl (C=O) groups excluding carboxylic acids is 5. The Kier molecular flexibility index (Phi) is 15.9. The summed E-state index contributed by atoms with van der Waals surface area (Å²) in [5.41, 5.74) is 23.7. The second-order valence-corrected chi connectivity index (χ2v) is 12.0. The van der Waals surface area contributed by atoms with Gasteiger partial charge in [-0.2, -0.15) is 0 Å². The monoisotopic (exact) mass is 688 g/mol. The SMILES string of the molecule is CC(C)C[C@H](NC(=O)[C@H](CO)NC(=O)[C@@H](N)CCC(=O)O)C(=O)N[C@@H](CCCN=C(N)N)C(=O)N[C@@H](Cc1c[nH]c2ccccc12)C(N)=O. The molecule has 2 rings (SSSR count). The molecule has 18 heteroatoms. The third-order valence-corrected chi connectivity index (χ3v) is 7.50. The first kappa shape index (κ1) is 39.9. The highest BCUT2D eigenvalue weighted by atomic mass is 16.4. The summed E-state index contributed by atoms with van der Waals surface area (Å²) in [6.07, 6.45) is 1.59. The van der Waals surface area contributed by atoms with Crippen LogP contribution >= 0.6 is 0 Å². The first-order valence-corrected chi connectivity index (χ1v) is 15.8. The molecule has 1 heterocycles. The largest absolute Gasteiger partial charge is 0.481 e. The van der Waals surface area contributed by atoms with Gasteiger partial charge in [0.25, 0.3) is 0 Å². The van der Waals surface area contributed by atoms with Gasteiger partial charge in [0.15, 0.2) is 5.96 Å². The number of amides is 5. The van der Waals surface area contributed by atoms with E-state index in [1.165, 1.54) is 0 Å². The van der Waals surface area contributed by atoms with E-state index in [4.69, 9.17) is 28.0 Å². The number of carbonyl (C=O) groups is 6. The van der Waals surface area contributed by atoms with Crippen molar-refractivity contribution < 1.29 is 39.0 Å². The van der Waals surface area contributed by atoms with Crippen molar-refractivity contribution >= 4 is 52.4 Å². The summed E-state index contributed by atoms with van der Waals surface area (Å²) in [5, 5.41) is 29.5. The second-order valence-electron chi connectivity index (χ2n) is 12.0. The molecule has 0 aliphatic rings. The van der Waals surface area contributed by atoms with E-state index in [9.17, 15) is 33.9 Å². The van der Waals surface area contributed by atoms with Gasteiger partial charge in [-0.3, -0.25) is 33.8 Å². The number of carboxylic acid groups (broad SMARTS) is 1. The Hall–Kier alpha value is -5.23. The number of guanidine groups is 1. The van der Waals surface area contributed by atoms with Crippen LogP contribution in [0.5, 0.6) is 0 Å². The molecule has 0 fully saturated rings. The average molecular weight is 689 g/mol. The summed E-state index contributed by atoms with van der Waals surface area (Å²) in [4.78, 5) is 82.9. The van der Waals surface area contributed by atoms with Gasteiger partial charge in [-0.05, 0) is 43.2 Å². The number of nitrogens with one attached hydrogen (secondary N) is 5. The molecule has 15 N–H and O–H groups in total. The quantitative estimate of drug-likeness (QED) is 0.0367. The number of nitrogens with two attached hydrogens (primary N) is 4. The van der Waals surface area contributed by atoms with E-state index in [1.54, 1.807) is 20.0 Å². The summed E-state index contributed by atoms with van der Waals surface area (Å²) in [5.74, 6) is -5.50. The molecule has 0 saturated heterocycles. The van der Waals surface area contributed by atoms with Gasteiger partial charge in [0, 0.05) is 36.5 Å². The Labute approximate surface area is 283 Å². The number of fused-ring (bicyclic) bond motifs is 1. The lowest BCUT2D eigenvalue weighted by atomic mass is 10.0. The number of hydrogen-bond donors (Lipinski definition) is 11. The summed E-state index contributed by atoms with van der Waals surface area (Å²) in [7, 11) is 0. The van der Waals surface area contributed by atoms with Crippen molar-refractivity contribution in [1.29, 1.82) is 0 Å². The van der Waals surface area contributed by atoms with Crippen molar-refractivity contribution in [2.75, 3.05) is 13.2 Å². The Morgan fingerprint density at radius 1 is 0.837 bits per heavy atom. The number of rotatable bonds is 21. The number of aromatic amines is 1. The van der Waals surface area contributed by atoms with E-state index >= 15 is 0 Å². The number of carboxylic acids is 1. The molecular weight excluding hydrogens is 640 g/mol. The predicted molar refractivity (Wildman–Crippen MR) is 180 cm³/mol. The Morgan fingerprint density at radius 3 is 2.04 bits per heavy atom. The lowest BCUT2D eigenvalue weighted by Crippen LogP contribution is -2.59. The van der Waals surface area contributed by atoms with Crippen molar-refractivity contribution in [1.82, 2.24) is 26.3 Å². The van der Waals surface area contributed by atoms with E-state index < -0.39 is 72.3 Å². The molecule has 0 bridgehead atoms. The van der Waals surface area contributed by atoms with Crippen LogP contribution in [0.4, 0.5) is 0 Å². The maximum atomic E-state index is 13.6. The highest BCUT2D eigenvalue weighted by molar-refractivity contribution is 5.96. The van der Waals surface area contributed by atoms with Crippen LogP contribution in [-0.2, 0) is 35.2 Å². The zero-order valence-corrected chi connectivity index (χ0v) is 27.6. The van der Waals surface area contributed by atoms with Gasteiger partial charge in [0.1, 0.15) is 24.2 Å². The zero-order valence-electron chi connectivity index (χ0n) is 27.6. The fourth-order valence-corrected chi connectivity index (χ4v) is 4.92. The van der Waals surface area contributed by atoms with Gasteiger partial charge >= 0.3 is 5.97 Å². The van der Waals surface area contributed by atoms with Crippen molar-refractivity contribution in [3.63, 3.8) is 0 Å². The van der Waals surface area contributed by atoms with Gasteiger partial charge in [-0.1, -0.05) is 32.0 Å². The maximum absolute atomic E-state index is 13.6. The molecule has 0 saturated carbocycles. The third-order valence-electron chi connectivity index (χ3n) is 7.50. The average Bonchev–Trinajstić information content (AvgIpc) is 3.44. The van der Waals surface area contributed by atoms with Crippen LogP contribution in [0.25, 0.3) is 10.9 Å². The van der Waals surface area contributed by atoms with E-state index in [-0.39, 0.29) is 56.9 Å². The minimum atomic E-state index is -1.51. The van der Waals surface area contributed by atoms with Crippen LogP contribution in [0.2, 0.25) is 0 Å². The number of aliphatic imine (C=N–C) groups is 1. The number of para-hydroxylation sites is 1. The standard InChI is InChI=1S/C31H48N10O8/c1-16(2)12-23(40-30(49)24(15-42)41-27(46)19(32)9-10-25(43)44)29(48)38-21(8-5-11-36-31(34)35)28(47)39-22(26(33)45)13-17-14-37-20-7-4-3-6-18(17)20/h3-4,6-7,14,16,19,21-24,37,42H,5,8-13,15,32H2,1-2H3,(H2,33,45)(H,38,48)(H,39,47)(H,40,49)(H,41,46)(H,43,44)(H4,34,35,36)/t19-,21-,22-,23-,24-/m0/s1. The Bertz CT molecular complexity index is 1490. The number of hydrogen-bond acceptors (Lipinski definition) is 9. The van der Waals surface area contributed by atoms with Gasteiger partial charge in [0.05, 0.1) is 12.6 Å². The van der Waals surface area contributed by atoms with Crippen LogP contribution in [0.1, 0.15) is 51.5 Å². The smallest absolute Gasteiger partial charge is 0.303 e. The molecule has 0 aliphatic heterocycles. The van der Waals surface area contributed by atoms with E-state index in [1.807, 2.05) is 24.3 Å². The van der Waals surface area contributed by atoms with E-state index in [0.717, 1.165) is 16.5 Å². The number of aliphatic hydroxyl groups is 1. The molecule has 0 unspecified atom stereocenters. The molecule has 5 amide bonds. The summed E-state index contributed by atoms with van der Waals surface area (Å²) >= 11 is 0. The molecule has 5 atom stereocenters. The fraction of sp³-hybridized carbons (Fsp3) is 0.516.